The zero-order chi connectivity index (χ0) is 22.0. The Bertz CT molecular complexity index is 819. The van der Waals surface area contributed by atoms with E-state index >= 15 is 0 Å². The fourth-order valence-electron chi connectivity index (χ4n) is 8.70. The summed E-state index contributed by atoms with van der Waals surface area (Å²) in [7, 11) is 0. The standard InChI is InChI=1S/C25H35N3O4/c29-22(26-32)6-2-5-21-23(30)28(25-11-15-7-16(12-25)9-17(8-15)13-25)24(31)27(21)14-20-18-3-1-4-19(20)10-18/h1,3,15-21,32H,2,4-14H2,(H,26,29). The number of hydroxylamine groups is 1. The fraction of sp³-hybridized carbons (Fsp3) is 0.800. The zero-order valence-electron chi connectivity index (χ0n) is 18.7. The van der Waals surface area contributed by atoms with Gasteiger partial charge in [0.1, 0.15) is 6.04 Å². The normalized spacial score (nSPS) is 43.7. The van der Waals surface area contributed by atoms with E-state index in [1.54, 1.807) is 10.4 Å². The van der Waals surface area contributed by atoms with Gasteiger partial charge in [-0.3, -0.25) is 19.7 Å². The first-order valence-corrected chi connectivity index (χ1v) is 12.7. The highest BCUT2D eigenvalue weighted by Crippen LogP contribution is 2.59. The van der Waals surface area contributed by atoms with Crippen LogP contribution in [0.25, 0.3) is 0 Å². The summed E-state index contributed by atoms with van der Waals surface area (Å²) >= 11 is 0. The van der Waals surface area contributed by atoms with Crippen LogP contribution in [-0.4, -0.2) is 51.0 Å². The molecule has 7 aliphatic rings. The molecule has 1 heterocycles. The Balaban J connectivity index is 1.25. The number of urea groups is 1. The van der Waals surface area contributed by atoms with Crippen LogP contribution in [0.4, 0.5) is 4.79 Å². The van der Waals surface area contributed by atoms with E-state index in [2.05, 4.69) is 12.2 Å². The second-order valence-corrected chi connectivity index (χ2v) is 11.7. The van der Waals surface area contributed by atoms with Crippen molar-refractivity contribution in [2.24, 2.45) is 35.5 Å². The minimum Gasteiger partial charge on any atom is -0.312 e. The summed E-state index contributed by atoms with van der Waals surface area (Å²) in [6.45, 7) is 0.657. The third-order valence-electron chi connectivity index (χ3n) is 9.76. The van der Waals surface area contributed by atoms with E-state index in [9.17, 15) is 14.4 Å². The second kappa shape index (κ2) is 7.57. The predicted molar refractivity (Wildman–Crippen MR) is 116 cm³/mol. The lowest BCUT2D eigenvalue weighted by molar-refractivity contribution is -0.141. The molecule has 0 aromatic rings. The third kappa shape index (κ3) is 3.14. The van der Waals surface area contributed by atoms with Crippen LogP contribution in [0.15, 0.2) is 12.2 Å². The van der Waals surface area contributed by atoms with Crippen molar-refractivity contribution in [3.05, 3.63) is 12.2 Å². The molecule has 0 aromatic heterocycles. The third-order valence-corrected chi connectivity index (χ3v) is 9.76. The number of fused-ring (bicyclic) bond motifs is 2. The van der Waals surface area contributed by atoms with Crippen LogP contribution < -0.4 is 5.48 Å². The molecule has 4 atom stereocenters. The molecular formula is C25H35N3O4. The van der Waals surface area contributed by atoms with Crippen molar-refractivity contribution in [1.82, 2.24) is 15.3 Å². The molecule has 1 saturated heterocycles. The zero-order valence-corrected chi connectivity index (χ0v) is 18.7. The highest BCUT2D eigenvalue weighted by Gasteiger charge is 2.61. The Morgan fingerprint density at radius 3 is 2.34 bits per heavy atom. The largest absolute Gasteiger partial charge is 0.327 e. The van der Waals surface area contributed by atoms with E-state index in [1.165, 1.54) is 25.7 Å². The van der Waals surface area contributed by atoms with Crippen molar-refractivity contribution in [3.8, 4) is 0 Å². The van der Waals surface area contributed by atoms with Gasteiger partial charge in [-0.15, -0.1) is 0 Å². The average molecular weight is 442 g/mol. The van der Waals surface area contributed by atoms with E-state index in [0.29, 0.717) is 54.9 Å². The van der Waals surface area contributed by atoms with Crippen molar-refractivity contribution < 1.29 is 19.6 Å². The molecule has 6 fully saturated rings. The van der Waals surface area contributed by atoms with Gasteiger partial charge in [-0.2, -0.15) is 0 Å². The lowest BCUT2D eigenvalue weighted by Crippen LogP contribution is -2.62. The highest BCUT2D eigenvalue weighted by molar-refractivity contribution is 6.05. The Kier molecular flexibility index (Phi) is 4.90. The van der Waals surface area contributed by atoms with Gasteiger partial charge in [0, 0.05) is 13.0 Å². The van der Waals surface area contributed by atoms with Crippen LogP contribution in [0.5, 0.6) is 0 Å². The van der Waals surface area contributed by atoms with Gasteiger partial charge >= 0.3 is 6.03 Å². The molecule has 32 heavy (non-hydrogen) atoms. The Morgan fingerprint density at radius 1 is 1.09 bits per heavy atom. The monoisotopic (exact) mass is 441 g/mol. The summed E-state index contributed by atoms with van der Waals surface area (Å²) < 4.78 is 0. The molecule has 4 amide bonds. The maximum atomic E-state index is 13.9. The molecule has 7 heteroatoms. The Labute approximate surface area is 189 Å². The number of imide groups is 1. The number of carbonyl (C=O) groups excluding carboxylic acids is 3. The summed E-state index contributed by atoms with van der Waals surface area (Å²) in [6.07, 6.45) is 14.8. The molecule has 174 valence electrons. The summed E-state index contributed by atoms with van der Waals surface area (Å²) in [5.74, 6) is 3.15. The number of nitrogens with zero attached hydrogens (tertiary/aromatic N) is 2. The van der Waals surface area contributed by atoms with Crippen LogP contribution in [-0.2, 0) is 9.59 Å². The predicted octanol–water partition coefficient (Wildman–Crippen LogP) is 3.48. The molecular weight excluding hydrogens is 406 g/mol. The van der Waals surface area contributed by atoms with Crippen molar-refractivity contribution in [2.45, 2.75) is 82.2 Å². The minimum absolute atomic E-state index is 0.0265. The van der Waals surface area contributed by atoms with Gasteiger partial charge < -0.3 is 4.90 Å². The first-order valence-electron chi connectivity index (χ1n) is 12.7. The van der Waals surface area contributed by atoms with Gasteiger partial charge in [-0.1, -0.05) is 12.2 Å². The number of amides is 4. The van der Waals surface area contributed by atoms with E-state index in [1.807, 2.05) is 4.90 Å². The summed E-state index contributed by atoms with van der Waals surface area (Å²) in [4.78, 5) is 42.8. The maximum absolute atomic E-state index is 13.9. The fourth-order valence-corrected chi connectivity index (χ4v) is 8.70. The Morgan fingerprint density at radius 2 is 1.78 bits per heavy atom. The van der Waals surface area contributed by atoms with E-state index < -0.39 is 11.9 Å². The molecule has 6 bridgehead atoms. The lowest BCUT2D eigenvalue weighted by atomic mass is 9.52. The molecule has 6 aliphatic carbocycles. The SMILES string of the molecule is O=C(CCCC1C(=O)N(C23CC4CC(CC(C4)C2)C3)C(=O)N1CC1C2C=CCC1C2)NO. The highest BCUT2D eigenvalue weighted by atomic mass is 16.5. The summed E-state index contributed by atoms with van der Waals surface area (Å²) in [6, 6.07) is -0.533. The van der Waals surface area contributed by atoms with Crippen molar-refractivity contribution >= 4 is 17.8 Å². The number of carbonyl (C=O) groups is 3. The van der Waals surface area contributed by atoms with Crippen molar-refractivity contribution in [3.63, 3.8) is 0 Å². The average Bonchev–Trinajstić information content (AvgIpc) is 3.00. The van der Waals surface area contributed by atoms with Gasteiger partial charge in [0.05, 0.1) is 5.54 Å². The van der Waals surface area contributed by atoms with Crippen molar-refractivity contribution in [2.75, 3.05) is 6.54 Å². The second-order valence-electron chi connectivity index (χ2n) is 11.7. The Hall–Kier alpha value is -1.89. The molecule has 1 aliphatic heterocycles. The molecule has 5 saturated carbocycles. The van der Waals surface area contributed by atoms with E-state index in [0.717, 1.165) is 25.7 Å². The number of allylic oxidation sites excluding steroid dienone is 2. The summed E-state index contributed by atoms with van der Waals surface area (Å²) in [5.41, 5.74) is 1.40. The van der Waals surface area contributed by atoms with Crippen LogP contribution in [0.1, 0.15) is 70.6 Å². The van der Waals surface area contributed by atoms with Crippen LogP contribution in [0.2, 0.25) is 0 Å². The topological polar surface area (TPSA) is 90.0 Å². The molecule has 4 unspecified atom stereocenters. The van der Waals surface area contributed by atoms with Gasteiger partial charge in [-0.05, 0) is 99.7 Å². The molecule has 2 N–H and O–H groups in total. The molecule has 0 radical (unpaired) electrons. The first-order chi connectivity index (χ1) is 15.5. The van der Waals surface area contributed by atoms with Crippen LogP contribution in [0.3, 0.4) is 0 Å². The lowest BCUT2D eigenvalue weighted by Gasteiger charge is -2.59. The van der Waals surface area contributed by atoms with E-state index in [-0.39, 0.29) is 23.9 Å². The minimum atomic E-state index is -0.465. The van der Waals surface area contributed by atoms with Gasteiger partial charge in [-0.25, -0.2) is 10.3 Å². The smallest absolute Gasteiger partial charge is 0.312 e. The van der Waals surface area contributed by atoms with Gasteiger partial charge in [0.25, 0.3) is 5.91 Å². The van der Waals surface area contributed by atoms with Gasteiger partial charge in [0.2, 0.25) is 5.91 Å². The van der Waals surface area contributed by atoms with Crippen LogP contribution >= 0.6 is 0 Å². The van der Waals surface area contributed by atoms with Crippen molar-refractivity contribution in [1.29, 1.82) is 0 Å². The molecule has 7 nitrogen and oxygen atoms in total. The number of hydrogen-bond donors (Lipinski definition) is 2. The van der Waals surface area contributed by atoms with Gasteiger partial charge in [0.15, 0.2) is 0 Å². The summed E-state index contributed by atoms with van der Waals surface area (Å²) in [5, 5.41) is 8.82. The number of rotatable bonds is 7. The first kappa shape index (κ1) is 20.7. The van der Waals surface area contributed by atoms with Crippen LogP contribution in [0, 0.1) is 35.5 Å². The number of hydrogen-bond acceptors (Lipinski definition) is 4. The maximum Gasteiger partial charge on any atom is 0.327 e. The quantitative estimate of drug-likeness (QED) is 0.274. The van der Waals surface area contributed by atoms with E-state index in [4.69, 9.17) is 5.21 Å². The molecule has 0 aromatic carbocycles. The molecule has 0 spiro atoms. The number of nitrogens with one attached hydrogen (secondary N) is 1. The molecule has 7 rings (SSSR count).